The SMILES string of the molecule is C[C@@H](O)[C@]1(C)COC(=O)C[C@@]23CC(=O)O[C@]2(C)CC[C@]31O. The third kappa shape index (κ3) is 1.50. The van der Waals surface area contributed by atoms with Gasteiger partial charge in [-0.15, -0.1) is 0 Å². The lowest BCUT2D eigenvalue weighted by atomic mass is 9.55. The minimum Gasteiger partial charge on any atom is -0.465 e. The summed E-state index contributed by atoms with van der Waals surface area (Å²) in [4.78, 5) is 24.0. The summed E-state index contributed by atoms with van der Waals surface area (Å²) in [5.41, 5.74) is -4.35. The predicted molar refractivity (Wildman–Crippen MR) is 71.1 cm³/mol. The maximum Gasteiger partial charge on any atom is 0.307 e. The molecule has 3 rings (SSSR count). The van der Waals surface area contributed by atoms with E-state index in [0.29, 0.717) is 12.8 Å². The Morgan fingerprint density at radius 3 is 2.38 bits per heavy atom. The third-order valence-corrected chi connectivity index (χ3v) is 6.40. The highest BCUT2D eigenvalue weighted by Crippen LogP contribution is 2.68. The fourth-order valence-electron chi connectivity index (χ4n) is 4.69. The Morgan fingerprint density at radius 1 is 1.14 bits per heavy atom. The van der Waals surface area contributed by atoms with Gasteiger partial charge in [0.2, 0.25) is 0 Å². The third-order valence-electron chi connectivity index (χ3n) is 6.40. The van der Waals surface area contributed by atoms with Crippen molar-refractivity contribution < 1.29 is 29.3 Å². The molecule has 2 aliphatic heterocycles. The van der Waals surface area contributed by atoms with E-state index in [1.165, 1.54) is 0 Å². The molecule has 0 aromatic carbocycles. The van der Waals surface area contributed by atoms with Gasteiger partial charge in [0.05, 0.1) is 35.4 Å². The van der Waals surface area contributed by atoms with Crippen LogP contribution in [0.3, 0.4) is 0 Å². The van der Waals surface area contributed by atoms with E-state index in [1.54, 1.807) is 20.8 Å². The molecule has 21 heavy (non-hydrogen) atoms. The average molecular weight is 298 g/mol. The molecular formula is C15H22O6. The predicted octanol–water partition coefficient (Wildman–Crippen LogP) is 0.537. The van der Waals surface area contributed by atoms with E-state index in [9.17, 15) is 19.8 Å². The van der Waals surface area contributed by atoms with Gasteiger partial charge in [0.1, 0.15) is 12.2 Å². The number of hydrogen-bond donors (Lipinski definition) is 2. The van der Waals surface area contributed by atoms with Crippen LogP contribution in [-0.4, -0.2) is 46.1 Å². The minimum absolute atomic E-state index is 0.0165. The molecular weight excluding hydrogens is 276 g/mol. The maximum atomic E-state index is 12.1. The van der Waals surface area contributed by atoms with Gasteiger partial charge >= 0.3 is 11.9 Å². The van der Waals surface area contributed by atoms with E-state index in [-0.39, 0.29) is 19.4 Å². The number of rotatable bonds is 1. The molecule has 118 valence electrons. The second-order valence-electron chi connectivity index (χ2n) is 7.25. The summed E-state index contributed by atoms with van der Waals surface area (Å²) in [6, 6.07) is 0. The van der Waals surface area contributed by atoms with Crippen LogP contribution < -0.4 is 0 Å². The monoisotopic (exact) mass is 298 g/mol. The first kappa shape index (κ1) is 14.8. The van der Waals surface area contributed by atoms with Crippen LogP contribution in [0.5, 0.6) is 0 Å². The largest absolute Gasteiger partial charge is 0.465 e. The lowest BCUT2D eigenvalue weighted by Crippen LogP contribution is -2.63. The van der Waals surface area contributed by atoms with Gasteiger partial charge in [-0.2, -0.15) is 0 Å². The molecule has 3 fully saturated rings. The van der Waals surface area contributed by atoms with Crippen LogP contribution >= 0.6 is 0 Å². The van der Waals surface area contributed by atoms with Crippen LogP contribution in [0.2, 0.25) is 0 Å². The number of carbonyl (C=O) groups excluding carboxylic acids is 2. The molecule has 5 atom stereocenters. The summed E-state index contributed by atoms with van der Waals surface area (Å²) in [6.07, 6.45) is -0.117. The number of cyclic esters (lactones) is 1. The first-order chi connectivity index (χ1) is 9.60. The van der Waals surface area contributed by atoms with E-state index in [2.05, 4.69) is 0 Å². The van der Waals surface area contributed by atoms with Crippen LogP contribution in [0.1, 0.15) is 46.5 Å². The zero-order valence-electron chi connectivity index (χ0n) is 12.6. The lowest BCUT2D eigenvalue weighted by Gasteiger charge is -2.51. The number of aliphatic hydroxyl groups excluding tert-OH is 1. The van der Waals surface area contributed by atoms with Crippen LogP contribution in [-0.2, 0) is 19.1 Å². The highest BCUT2D eigenvalue weighted by Gasteiger charge is 2.78. The number of aliphatic hydroxyl groups is 2. The molecule has 6 nitrogen and oxygen atoms in total. The number of ether oxygens (including phenoxy) is 2. The Morgan fingerprint density at radius 2 is 1.76 bits per heavy atom. The van der Waals surface area contributed by atoms with E-state index in [4.69, 9.17) is 9.47 Å². The Hall–Kier alpha value is -1.14. The van der Waals surface area contributed by atoms with Crippen molar-refractivity contribution in [2.24, 2.45) is 10.8 Å². The topological polar surface area (TPSA) is 93.1 Å². The molecule has 2 N–H and O–H groups in total. The Kier molecular flexibility index (Phi) is 2.80. The summed E-state index contributed by atoms with van der Waals surface area (Å²) in [5, 5.41) is 21.8. The average Bonchev–Trinajstić information content (AvgIpc) is 2.71. The summed E-state index contributed by atoms with van der Waals surface area (Å²) in [7, 11) is 0. The summed E-state index contributed by atoms with van der Waals surface area (Å²) >= 11 is 0. The van der Waals surface area contributed by atoms with Crippen molar-refractivity contribution in [2.75, 3.05) is 6.61 Å². The summed E-state index contributed by atoms with van der Waals surface area (Å²) in [5.74, 6) is -0.859. The van der Waals surface area contributed by atoms with Crippen molar-refractivity contribution in [3.05, 3.63) is 0 Å². The standard InChI is InChI=1S/C15H22O6/c1-9(16)12(2)8-20-10(17)6-14-7-11(18)21-13(14,3)4-5-15(12,14)19/h9,16,19H,4-8H2,1-3H3/t9-,12+,13-,14-,15-/m1/s1. The van der Waals surface area contributed by atoms with E-state index < -0.39 is 40.1 Å². The molecule has 0 bridgehead atoms. The molecule has 2 saturated heterocycles. The second-order valence-corrected chi connectivity index (χ2v) is 7.25. The molecule has 1 spiro atoms. The van der Waals surface area contributed by atoms with Gasteiger partial charge in [-0.1, -0.05) is 6.92 Å². The van der Waals surface area contributed by atoms with Crippen molar-refractivity contribution in [3.8, 4) is 0 Å². The first-order valence-electron chi connectivity index (χ1n) is 7.38. The van der Waals surface area contributed by atoms with Crippen LogP contribution in [0.15, 0.2) is 0 Å². The van der Waals surface area contributed by atoms with Gasteiger partial charge in [-0.05, 0) is 26.7 Å². The van der Waals surface area contributed by atoms with Gasteiger partial charge < -0.3 is 19.7 Å². The van der Waals surface area contributed by atoms with Crippen molar-refractivity contribution >= 4 is 11.9 Å². The van der Waals surface area contributed by atoms with Gasteiger partial charge in [-0.25, -0.2) is 0 Å². The van der Waals surface area contributed by atoms with E-state index >= 15 is 0 Å². The van der Waals surface area contributed by atoms with Crippen LogP contribution in [0.4, 0.5) is 0 Å². The molecule has 1 aliphatic carbocycles. The molecule has 1 saturated carbocycles. The van der Waals surface area contributed by atoms with Crippen LogP contribution in [0.25, 0.3) is 0 Å². The molecule has 0 aromatic rings. The fourth-order valence-corrected chi connectivity index (χ4v) is 4.69. The minimum atomic E-state index is -1.39. The van der Waals surface area contributed by atoms with Crippen molar-refractivity contribution in [1.29, 1.82) is 0 Å². The van der Waals surface area contributed by atoms with E-state index in [1.807, 2.05) is 0 Å². The number of carbonyl (C=O) groups is 2. The molecule has 0 radical (unpaired) electrons. The van der Waals surface area contributed by atoms with Gasteiger partial charge in [0.25, 0.3) is 0 Å². The molecule has 0 unspecified atom stereocenters. The van der Waals surface area contributed by atoms with Gasteiger partial charge in [0.15, 0.2) is 0 Å². The maximum absolute atomic E-state index is 12.1. The highest BCUT2D eigenvalue weighted by molar-refractivity contribution is 5.79. The zero-order valence-corrected chi connectivity index (χ0v) is 12.6. The lowest BCUT2D eigenvalue weighted by molar-refractivity contribution is -0.203. The molecule has 0 amide bonds. The summed E-state index contributed by atoms with van der Waals surface area (Å²) in [6.45, 7) is 5.01. The Balaban J connectivity index is 2.22. The molecule has 6 heteroatoms. The first-order valence-corrected chi connectivity index (χ1v) is 7.38. The normalized spacial score (nSPS) is 50.7. The second kappa shape index (κ2) is 3.98. The van der Waals surface area contributed by atoms with Crippen LogP contribution in [0, 0.1) is 10.8 Å². The molecule has 0 aromatic heterocycles. The van der Waals surface area contributed by atoms with Gasteiger partial charge in [0, 0.05) is 0 Å². The quantitative estimate of drug-likeness (QED) is 0.686. The van der Waals surface area contributed by atoms with E-state index in [0.717, 1.165) is 0 Å². The zero-order chi connectivity index (χ0) is 15.7. The number of hydrogen-bond acceptors (Lipinski definition) is 6. The molecule has 3 aliphatic rings. The van der Waals surface area contributed by atoms with Crippen molar-refractivity contribution in [2.45, 2.75) is 63.8 Å². The Labute approximate surface area is 123 Å². The van der Waals surface area contributed by atoms with Gasteiger partial charge in [-0.3, -0.25) is 9.59 Å². The van der Waals surface area contributed by atoms with Crippen molar-refractivity contribution in [3.63, 3.8) is 0 Å². The fraction of sp³-hybridized carbons (Fsp3) is 0.867. The molecule has 2 heterocycles. The summed E-state index contributed by atoms with van der Waals surface area (Å²) < 4.78 is 10.7. The highest BCUT2D eigenvalue weighted by atomic mass is 16.6. The smallest absolute Gasteiger partial charge is 0.307 e. The van der Waals surface area contributed by atoms with Crippen molar-refractivity contribution in [1.82, 2.24) is 0 Å². The Bertz CT molecular complexity index is 516. The number of esters is 2.